The number of amides is 2. The first-order chi connectivity index (χ1) is 13.0. The van der Waals surface area contributed by atoms with Crippen molar-refractivity contribution < 1.29 is 9.59 Å². The van der Waals surface area contributed by atoms with Crippen LogP contribution in [0.5, 0.6) is 0 Å². The maximum Gasteiger partial charge on any atom is 0.277 e. The molecule has 0 atom stereocenters. The second-order valence-corrected chi connectivity index (χ2v) is 6.63. The largest absolute Gasteiger partial charge is 0.372 e. The van der Waals surface area contributed by atoms with Gasteiger partial charge in [-0.05, 0) is 50.6 Å². The molecule has 5 heteroatoms. The van der Waals surface area contributed by atoms with Gasteiger partial charge in [0.1, 0.15) is 5.70 Å². The molecule has 1 heterocycles. The lowest BCUT2D eigenvalue weighted by molar-refractivity contribution is -0.135. The topological polar surface area (TPSA) is 52.7 Å². The van der Waals surface area contributed by atoms with Gasteiger partial charge in [-0.3, -0.25) is 14.5 Å². The Morgan fingerprint density at radius 2 is 1.48 bits per heavy atom. The number of carbonyl (C=O) groups is 2. The average Bonchev–Trinajstić information content (AvgIpc) is 2.89. The normalized spacial score (nSPS) is 14.1. The van der Waals surface area contributed by atoms with E-state index in [1.165, 1.54) is 7.05 Å². The van der Waals surface area contributed by atoms with Crippen molar-refractivity contribution in [2.45, 2.75) is 20.8 Å². The van der Waals surface area contributed by atoms with Crippen molar-refractivity contribution in [2.24, 2.45) is 0 Å². The van der Waals surface area contributed by atoms with Gasteiger partial charge in [-0.15, -0.1) is 0 Å². The number of imide groups is 1. The zero-order valence-corrected chi connectivity index (χ0v) is 16.2. The van der Waals surface area contributed by atoms with E-state index in [2.05, 4.69) is 24.1 Å². The summed E-state index contributed by atoms with van der Waals surface area (Å²) in [5.74, 6) is -0.602. The Kier molecular flexibility index (Phi) is 5.31. The maximum absolute atomic E-state index is 12.6. The summed E-state index contributed by atoms with van der Waals surface area (Å²) in [6.07, 6.45) is 0. The summed E-state index contributed by atoms with van der Waals surface area (Å²) < 4.78 is 0. The van der Waals surface area contributed by atoms with Crippen LogP contribution in [0, 0.1) is 6.92 Å². The Bertz CT molecular complexity index is 879. The van der Waals surface area contributed by atoms with Crippen LogP contribution in [-0.2, 0) is 9.59 Å². The lowest BCUT2D eigenvalue weighted by Gasteiger charge is -2.21. The summed E-state index contributed by atoms with van der Waals surface area (Å²) in [5, 5.41) is 3.17. The third-order valence-electron chi connectivity index (χ3n) is 4.89. The van der Waals surface area contributed by atoms with Gasteiger partial charge >= 0.3 is 0 Å². The van der Waals surface area contributed by atoms with Gasteiger partial charge in [0, 0.05) is 31.5 Å². The van der Waals surface area contributed by atoms with Gasteiger partial charge in [0.25, 0.3) is 11.8 Å². The molecule has 0 spiro atoms. The van der Waals surface area contributed by atoms with E-state index in [4.69, 9.17) is 0 Å². The monoisotopic (exact) mass is 363 g/mol. The molecule has 27 heavy (non-hydrogen) atoms. The van der Waals surface area contributed by atoms with Crippen LogP contribution in [0.1, 0.15) is 25.0 Å². The summed E-state index contributed by atoms with van der Waals surface area (Å²) in [7, 11) is 1.51. The van der Waals surface area contributed by atoms with Crippen molar-refractivity contribution in [3.05, 3.63) is 65.4 Å². The lowest BCUT2D eigenvalue weighted by atomic mass is 10.0. The van der Waals surface area contributed by atoms with Crippen molar-refractivity contribution in [1.82, 2.24) is 4.90 Å². The Balaban J connectivity index is 1.95. The average molecular weight is 363 g/mol. The number of hydrogen-bond acceptors (Lipinski definition) is 4. The van der Waals surface area contributed by atoms with Crippen LogP contribution < -0.4 is 10.2 Å². The number of rotatable bonds is 6. The van der Waals surface area contributed by atoms with Crippen LogP contribution in [0.25, 0.3) is 5.57 Å². The van der Waals surface area contributed by atoms with E-state index in [0.717, 1.165) is 40.5 Å². The molecule has 0 bridgehead atoms. The fourth-order valence-electron chi connectivity index (χ4n) is 3.23. The molecule has 140 valence electrons. The van der Waals surface area contributed by atoms with Gasteiger partial charge in [-0.25, -0.2) is 0 Å². The number of likely N-dealkylation sites (N-methyl/N-ethyl adjacent to an activating group) is 1. The number of anilines is 2. The molecule has 2 aromatic rings. The molecule has 1 aliphatic heterocycles. The fourth-order valence-corrected chi connectivity index (χ4v) is 3.23. The minimum atomic E-state index is -0.316. The third-order valence-corrected chi connectivity index (χ3v) is 4.89. The van der Waals surface area contributed by atoms with Crippen molar-refractivity contribution in [1.29, 1.82) is 0 Å². The van der Waals surface area contributed by atoms with E-state index in [1.807, 2.05) is 55.5 Å². The molecular formula is C22H25N3O2. The first-order valence-electron chi connectivity index (χ1n) is 9.22. The summed E-state index contributed by atoms with van der Waals surface area (Å²) in [5.41, 5.74) is 4.49. The molecule has 0 fully saturated rings. The number of nitrogens with one attached hydrogen (secondary N) is 1. The number of nitrogens with zero attached hydrogens (tertiary/aromatic N) is 2. The number of hydrogen-bond donors (Lipinski definition) is 1. The Labute approximate surface area is 160 Å². The summed E-state index contributed by atoms with van der Waals surface area (Å²) in [4.78, 5) is 28.6. The standard InChI is InChI=1S/C22H25N3O2/c1-5-25(6-2)18-13-11-17(12-14-18)23-20-19(21(26)24(4)22(20)27)16-9-7-15(3)8-10-16/h7-14,23H,5-6H2,1-4H3. The highest BCUT2D eigenvalue weighted by Crippen LogP contribution is 2.30. The highest BCUT2D eigenvalue weighted by atomic mass is 16.2. The van der Waals surface area contributed by atoms with Crippen molar-refractivity contribution in [3.63, 3.8) is 0 Å². The minimum absolute atomic E-state index is 0.286. The molecule has 0 saturated heterocycles. The molecule has 5 nitrogen and oxygen atoms in total. The molecule has 1 aliphatic rings. The van der Waals surface area contributed by atoms with Crippen molar-refractivity contribution in [3.8, 4) is 0 Å². The highest BCUT2D eigenvalue weighted by Gasteiger charge is 2.36. The van der Waals surface area contributed by atoms with Gasteiger partial charge < -0.3 is 10.2 Å². The van der Waals surface area contributed by atoms with Crippen molar-refractivity contribution in [2.75, 3.05) is 30.4 Å². The molecule has 3 rings (SSSR count). The van der Waals surface area contributed by atoms with Crippen LogP contribution in [0.2, 0.25) is 0 Å². The SMILES string of the molecule is CCN(CC)c1ccc(NC2=C(c3ccc(C)cc3)C(=O)N(C)C2=O)cc1. The number of benzene rings is 2. The minimum Gasteiger partial charge on any atom is -0.372 e. The van der Waals surface area contributed by atoms with Gasteiger partial charge in [0.05, 0.1) is 5.57 Å². The predicted molar refractivity (Wildman–Crippen MR) is 110 cm³/mol. The van der Waals surface area contributed by atoms with E-state index in [9.17, 15) is 9.59 Å². The van der Waals surface area contributed by atoms with E-state index in [-0.39, 0.29) is 11.8 Å². The van der Waals surface area contributed by atoms with Gasteiger partial charge in [-0.2, -0.15) is 0 Å². The lowest BCUT2D eigenvalue weighted by Crippen LogP contribution is -2.27. The summed E-state index contributed by atoms with van der Waals surface area (Å²) in [6.45, 7) is 8.09. The highest BCUT2D eigenvalue weighted by molar-refractivity contribution is 6.36. The molecule has 0 saturated carbocycles. The molecule has 0 aromatic heterocycles. The number of aryl methyl sites for hydroxylation is 1. The van der Waals surface area contributed by atoms with Crippen LogP contribution in [0.4, 0.5) is 11.4 Å². The Morgan fingerprint density at radius 1 is 0.889 bits per heavy atom. The smallest absolute Gasteiger partial charge is 0.277 e. The van der Waals surface area contributed by atoms with Crippen molar-refractivity contribution >= 4 is 28.8 Å². The van der Waals surface area contributed by atoms with Crippen LogP contribution >= 0.6 is 0 Å². The third kappa shape index (κ3) is 3.58. The second kappa shape index (κ2) is 7.66. The summed E-state index contributed by atoms with van der Waals surface area (Å²) >= 11 is 0. The Morgan fingerprint density at radius 3 is 2.04 bits per heavy atom. The van der Waals surface area contributed by atoms with Gasteiger partial charge in [-0.1, -0.05) is 29.8 Å². The predicted octanol–water partition coefficient (Wildman–Crippen LogP) is 3.66. The van der Waals surface area contributed by atoms with Crippen LogP contribution in [0.3, 0.4) is 0 Å². The van der Waals surface area contributed by atoms with Crippen LogP contribution in [0.15, 0.2) is 54.2 Å². The zero-order valence-electron chi connectivity index (χ0n) is 16.2. The van der Waals surface area contributed by atoms with Crippen LogP contribution in [-0.4, -0.2) is 36.9 Å². The van der Waals surface area contributed by atoms with E-state index in [1.54, 1.807) is 0 Å². The first-order valence-corrected chi connectivity index (χ1v) is 9.22. The molecule has 1 N–H and O–H groups in total. The molecule has 2 amide bonds. The molecular weight excluding hydrogens is 338 g/mol. The first kappa shape index (κ1) is 18.7. The van der Waals surface area contributed by atoms with Gasteiger partial charge in [0.2, 0.25) is 0 Å². The second-order valence-electron chi connectivity index (χ2n) is 6.63. The molecule has 0 unspecified atom stereocenters. The quantitative estimate of drug-likeness (QED) is 0.796. The summed E-state index contributed by atoms with van der Waals surface area (Å²) in [6, 6.07) is 15.5. The zero-order chi connectivity index (χ0) is 19.6. The van der Waals surface area contributed by atoms with E-state index in [0.29, 0.717) is 11.3 Å². The fraction of sp³-hybridized carbons (Fsp3) is 0.273. The molecule has 0 radical (unpaired) electrons. The number of carbonyl (C=O) groups excluding carboxylic acids is 2. The molecule has 0 aliphatic carbocycles. The Hall–Kier alpha value is -3.08. The van der Waals surface area contributed by atoms with E-state index >= 15 is 0 Å². The van der Waals surface area contributed by atoms with Gasteiger partial charge in [0.15, 0.2) is 0 Å². The maximum atomic E-state index is 12.6. The molecule has 2 aromatic carbocycles. The van der Waals surface area contributed by atoms with E-state index < -0.39 is 0 Å².